The largest absolute Gasteiger partial charge is 0.507 e. The van der Waals surface area contributed by atoms with Crippen molar-refractivity contribution in [3.05, 3.63) is 52.2 Å². The lowest BCUT2D eigenvalue weighted by Gasteiger charge is -2.04. The molecule has 1 aromatic heterocycles. The molecule has 20 heavy (non-hydrogen) atoms. The number of hydrogen-bond acceptors (Lipinski definition) is 4. The van der Waals surface area contributed by atoms with Crippen LogP contribution in [0.5, 0.6) is 5.75 Å². The molecule has 0 saturated carbocycles. The summed E-state index contributed by atoms with van der Waals surface area (Å²) < 4.78 is 0. The molecule has 0 aliphatic rings. The third kappa shape index (κ3) is 3.46. The molecule has 2 aromatic rings. The number of phenols is 1. The summed E-state index contributed by atoms with van der Waals surface area (Å²) in [5, 5.41) is 22.7. The van der Waals surface area contributed by atoms with Crippen molar-refractivity contribution in [2.45, 2.75) is 0 Å². The SMILES string of the molecule is O=C(/C=C/c1cccs1)Nc1ccc(C(=O)O)c(O)c1. The number of carboxylic acid groups (broad SMARTS) is 1. The number of carbonyl (C=O) groups is 2. The Morgan fingerprint density at radius 1 is 1.25 bits per heavy atom. The van der Waals surface area contributed by atoms with Crippen LogP contribution in [0.4, 0.5) is 5.69 Å². The van der Waals surface area contributed by atoms with Gasteiger partial charge in [0.1, 0.15) is 11.3 Å². The standard InChI is InChI=1S/C14H11NO4S/c16-12-8-9(3-5-11(12)14(18)19)15-13(17)6-4-10-2-1-7-20-10/h1-8,16H,(H,15,17)(H,18,19)/b6-4+. The van der Waals surface area contributed by atoms with E-state index in [2.05, 4.69) is 5.32 Å². The summed E-state index contributed by atoms with van der Waals surface area (Å²) in [6.07, 6.45) is 3.04. The van der Waals surface area contributed by atoms with E-state index in [0.717, 1.165) is 4.88 Å². The maximum absolute atomic E-state index is 11.6. The molecule has 0 aliphatic carbocycles. The fraction of sp³-hybridized carbons (Fsp3) is 0. The van der Waals surface area contributed by atoms with E-state index in [1.807, 2.05) is 17.5 Å². The summed E-state index contributed by atoms with van der Waals surface area (Å²) >= 11 is 1.51. The van der Waals surface area contributed by atoms with Crippen LogP contribution in [-0.4, -0.2) is 22.1 Å². The number of carboxylic acids is 1. The normalized spacial score (nSPS) is 10.6. The zero-order chi connectivity index (χ0) is 14.5. The molecule has 1 amide bonds. The molecule has 6 heteroatoms. The Labute approximate surface area is 118 Å². The highest BCUT2D eigenvalue weighted by Crippen LogP contribution is 2.22. The number of rotatable bonds is 4. The van der Waals surface area contributed by atoms with Gasteiger partial charge >= 0.3 is 5.97 Å². The lowest BCUT2D eigenvalue weighted by molar-refractivity contribution is -0.111. The molecular weight excluding hydrogens is 278 g/mol. The van der Waals surface area contributed by atoms with Gasteiger partial charge in [0.25, 0.3) is 0 Å². The Kier molecular flexibility index (Phi) is 4.17. The van der Waals surface area contributed by atoms with Crippen LogP contribution < -0.4 is 5.32 Å². The number of anilines is 1. The van der Waals surface area contributed by atoms with E-state index in [-0.39, 0.29) is 11.5 Å². The van der Waals surface area contributed by atoms with Crippen molar-refractivity contribution in [1.29, 1.82) is 0 Å². The predicted molar refractivity (Wildman–Crippen MR) is 77.0 cm³/mol. The summed E-state index contributed by atoms with van der Waals surface area (Å²) in [6, 6.07) is 7.60. The van der Waals surface area contributed by atoms with E-state index in [9.17, 15) is 14.7 Å². The molecule has 5 nitrogen and oxygen atoms in total. The first-order valence-corrected chi connectivity index (χ1v) is 6.53. The topological polar surface area (TPSA) is 86.6 Å². The highest BCUT2D eigenvalue weighted by molar-refractivity contribution is 7.10. The summed E-state index contributed by atoms with van der Waals surface area (Å²) in [6.45, 7) is 0. The second-order valence-corrected chi connectivity index (χ2v) is 4.85. The average Bonchev–Trinajstić information content (AvgIpc) is 2.89. The highest BCUT2D eigenvalue weighted by Gasteiger charge is 2.10. The van der Waals surface area contributed by atoms with Crippen molar-refractivity contribution in [2.75, 3.05) is 5.32 Å². The smallest absolute Gasteiger partial charge is 0.339 e. The first-order chi connectivity index (χ1) is 9.56. The first kappa shape index (κ1) is 13.8. The van der Waals surface area contributed by atoms with Crippen LogP contribution in [-0.2, 0) is 4.79 Å². The van der Waals surface area contributed by atoms with Gasteiger partial charge in [0.15, 0.2) is 0 Å². The van der Waals surface area contributed by atoms with Crippen molar-refractivity contribution in [3.63, 3.8) is 0 Å². The van der Waals surface area contributed by atoms with Crippen LogP contribution in [0, 0.1) is 0 Å². The van der Waals surface area contributed by atoms with Gasteiger partial charge in [-0.3, -0.25) is 4.79 Å². The van der Waals surface area contributed by atoms with Crippen LogP contribution in [0.2, 0.25) is 0 Å². The zero-order valence-electron chi connectivity index (χ0n) is 10.2. The minimum Gasteiger partial charge on any atom is -0.507 e. The van der Waals surface area contributed by atoms with Gasteiger partial charge in [-0.05, 0) is 29.7 Å². The van der Waals surface area contributed by atoms with Gasteiger partial charge in [0.2, 0.25) is 5.91 Å². The Morgan fingerprint density at radius 2 is 2.05 bits per heavy atom. The van der Waals surface area contributed by atoms with Gasteiger partial charge in [-0.1, -0.05) is 6.07 Å². The average molecular weight is 289 g/mol. The van der Waals surface area contributed by atoms with E-state index in [1.54, 1.807) is 6.08 Å². The van der Waals surface area contributed by atoms with E-state index in [1.165, 1.54) is 35.6 Å². The molecule has 0 unspecified atom stereocenters. The molecule has 0 bridgehead atoms. The summed E-state index contributed by atoms with van der Waals surface area (Å²) in [5.74, 6) is -1.98. The summed E-state index contributed by atoms with van der Waals surface area (Å²) in [7, 11) is 0. The maximum Gasteiger partial charge on any atom is 0.339 e. The molecular formula is C14H11NO4S. The van der Waals surface area contributed by atoms with Crippen molar-refractivity contribution in [3.8, 4) is 5.75 Å². The minimum absolute atomic E-state index is 0.211. The Balaban J connectivity index is 2.05. The number of thiophene rings is 1. The summed E-state index contributed by atoms with van der Waals surface area (Å²) in [4.78, 5) is 23.3. The maximum atomic E-state index is 11.6. The van der Waals surface area contributed by atoms with Crippen molar-refractivity contribution in [2.24, 2.45) is 0 Å². The van der Waals surface area contributed by atoms with Gasteiger partial charge in [0.05, 0.1) is 0 Å². The van der Waals surface area contributed by atoms with Gasteiger partial charge in [0, 0.05) is 22.7 Å². The number of carbonyl (C=O) groups excluding carboxylic acids is 1. The second-order valence-electron chi connectivity index (χ2n) is 3.88. The lowest BCUT2D eigenvalue weighted by Crippen LogP contribution is -2.08. The van der Waals surface area contributed by atoms with Crippen molar-refractivity contribution in [1.82, 2.24) is 0 Å². The Bertz CT molecular complexity index is 662. The number of aromatic carboxylic acids is 1. The third-order valence-electron chi connectivity index (χ3n) is 2.44. The molecule has 0 saturated heterocycles. The van der Waals surface area contributed by atoms with E-state index in [4.69, 9.17) is 5.11 Å². The van der Waals surface area contributed by atoms with Gasteiger partial charge in [-0.15, -0.1) is 11.3 Å². The van der Waals surface area contributed by atoms with Crippen LogP contribution in [0.3, 0.4) is 0 Å². The Morgan fingerprint density at radius 3 is 2.65 bits per heavy atom. The van der Waals surface area contributed by atoms with Gasteiger partial charge < -0.3 is 15.5 Å². The van der Waals surface area contributed by atoms with Crippen LogP contribution in [0.15, 0.2) is 41.8 Å². The molecule has 2 rings (SSSR count). The molecule has 0 aliphatic heterocycles. The molecule has 1 heterocycles. The zero-order valence-corrected chi connectivity index (χ0v) is 11.1. The lowest BCUT2D eigenvalue weighted by atomic mass is 10.2. The number of aromatic hydroxyl groups is 1. The molecule has 102 valence electrons. The van der Waals surface area contributed by atoms with E-state index in [0.29, 0.717) is 5.69 Å². The fourth-order valence-electron chi connectivity index (χ4n) is 1.52. The van der Waals surface area contributed by atoms with Crippen molar-refractivity contribution < 1.29 is 19.8 Å². The number of hydrogen-bond donors (Lipinski definition) is 3. The number of benzene rings is 1. The minimum atomic E-state index is -1.22. The quantitative estimate of drug-likeness (QED) is 0.755. The van der Waals surface area contributed by atoms with Gasteiger partial charge in [-0.2, -0.15) is 0 Å². The molecule has 0 fully saturated rings. The summed E-state index contributed by atoms with van der Waals surface area (Å²) in [5.41, 5.74) is 0.116. The Hall–Kier alpha value is -2.60. The molecule has 0 radical (unpaired) electrons. The van der Waals surface area contributed by atoms with E-state index < -0.39 is 11.7 Å². The predicted octanol–water partition coefficient (Wildman–Crippen LogP) is 2.80. The first-order valence-electron chi connectivity index (χ1n) is 5.65. The highest BCUT2D eigenvalue weighted by atomic mass is 32.1. The van der Waals surface area contributed by atoms with E-state index >= 15 is 0 Å². The fourth-order valence-corrected chi connectivity index (χ4v) is 2.14. The monoisotopic (exact) mass is 289 g/mol. The molecule has 3 N–H and O–H groups in total. The number of nitrogens with one attached hydrogen (secondary N) is 1. The molecule has 0 atom stereocenters. The van der Waals surface area contributed by atoms with Gasteiger partial charge in [-0.25, -0.2) is 4.79 Å². The molecule has 0 spiro atoms. The number of amides is 1. The van der Waals surface area contributed by atoms with Crippen LogP contribution >= 0.6 is 11.3 Å². The van der Waals surface area contributed by atoms with Crippen LogP contribution in [0.1, 0.15) is 15.2 Å². The third-order valence-corrected chi connectivity index (χ3v) is 3.28. The molecule has 1 aromatic carbocycles. The van der Waals surface area contributed by atoms with Crippen LogP contribution in [0.25, 0.3) is 6.08 Å². The van der Waals surface area contributed by atoms with Crippen molar-refractivity contribution >= 4 is 35.0 Å². The second kappa shape index (κ2) is 6.03.